The van der Waals surface area contributed by atoms with Crippen LogP contribution in [0, 0.1) is 6.92 Å². The van der Waals surface area contributed by atoms with Gasteiger partial charge in [-0.15, -0.1) is 11.3 Å². The highest BCUT2D eigenvalue weighted by atomic mass is 32.1. The zero-order valence-electron chi connectivity index (χ0n) is 9.19. The van der Waals surface area contributed by atoms with E-state index in [1.54, 1.807) is 24.5 Å². The standard InChI is InChI=1S/C13H12O2S/c1-9-3-4-13(16-9)11-5-10(8-14)6-12(7-11)15-2/h3-8H,1-2H3. The van der Waals surface area contributed by atoms with Crippen LogP contribution in [0.2, 0.25) is 0 Å². The van der Waals surface area contributed by atoms with Crippen molar-refractivity contribution < 1.29 is 9.53 Å². The molecule has 0 aliphatic carbocycles. The molecule has 0 atom stereocenters. The largest absolute Gasteiger partial charge is 0.497 e. The van der Waals surface area contributed by atoms with Gasteiger partial charge in [0.05, 0.1) is 7.11 Å². The van der Waals surface area contributed by atoms with Gasteiger partial charge in [0, 0.05) is 15.3 Å². The van der Waals surface area contributed by atoms with E-state index in [1.165, 1.54) is 4.88 Å². The molecule has 0 saturated heterocycles. The molecule has 1 aromatic heterocycles. The van der Waals surface area contributed by atoms with Crippen LogP contribution in [0.1, 0.15) is 15.2 Å². The second kappa shape index (κ2) is 4.49. The molecule has 2 nitrogen and oxygen atoms in total. The molecule has 82 valence electrons. The zero-order valence-corrected chi connectivity index (χ0v) is 10.0. The van der Waals surface area contributed by atoms with E-state index >= 15 is 0 Å². The van der Waals surface area contributed by atoms with Crippen molar-refractivity contribution in [2.45, 2.75) is 6.92 Å². The van der Waals surface area contributed by atoms with Crippen molar-refractivity contribution in [3.63, 3.8) is 0 Å². The average molecular weight is 232 g/mol. The van der Waals surface area contributed by atoms with Gasteiger partial charge in [0.1, 0.15) is 12.0 Å². The number of hydrogen-bond acceptors (Lipinski definition) is 3. The van der Waals surface area contributed by atoms with E-state index in [9.17, 15) is 4.79 Å². The van der Waals surface area contributed by atoms with Crippen molar-refractivity contribution in [1.29, 1.82) is 0 Å². The van der Waals surface area contributed by atoms with Crippen LogP contribution in [0.25, 0.3) is 10.4 Å². The number of methoxy groups -OCH3 is 1. The molecule has 0 aliphatic rings. The Kier molecular flexibility index (Phi) is 3.06. The molecule has 0 saturated carbocycles. The fourth-order valence-electron chi connectivity index (χ4n) is 1.54. The maximum Gasteiger partial charge on any atom is 0.150 e. The lowest BCUT2D eigenvalue weighted by Crippen LogP contribution is -1.87. The van der Waals surface area contributed by atoms with Gasteiger partial charge < -0.3 is 4.74 Å². The lowest BCUT2D eigenvalue weighted by molar-refractivity contribution is 0.112. The molecule has 1 aromatic carbocycles. The molecule has 0 unspecified atom stereocenters. The van der Waals surface area contributed by atoms with Crippen molar-refractivity contribution in [3.8, 4) is 16.2 Å². The van der Waals surface area contributed by atoms with Crippen molar-refractivity contribution in [2.24, 2.45) is 0 Å². The van der Waals surface area contributed by atoms with E-state index in [-0.39, 0.29) is 0 Å². The predicted octanol–water partition coefficient (Wildman–Crippen LogP) is 3.54. The van der Waals surface area contributed by atoms with Gasteiger partial charge in [-0.3, -0.25) is 4.79 Å². The number of carbonyl (C=O) groups is 1. The third kappa shape index (κ3) is 2.14. The highest BCUT2D eigenvalue weighted by Crippen LogP contribution is 2.30. The maximum absolute atomic E-state index is 10.8. The van der Waals surface area contributed by atoms with Crippen molar-refractivity contribution in [3.05, 3.63) is 40.8 Å². The average Bonchev–Trinajstić information content (AvgIpc) is 2.75. The number of thiophene rings is 1. The van der Waals surface area contributed by atoms with Crippen LogP contribution >= 0.6 is 11.3 Å². The maximum atomic E-state index is 10.8. The Morgan fingerprint density at radius 2 is 2.06 bits per heavy atom. The minimum atomic E-state index is 0.639. The van der Waals surface area contributed by atoms with Gasteiger partial charge in [0.25, 0.3) is 0 Å². The highest BCUT2D eigenvalue weighted by Gasteiger charge is 2.05. The van der Waals surface area contributed by atoms with Crippen LogP contribution in [-0.4, -0.2) is 13.4 Å². The van der Waals surface area contributed by atoms with Gasteiger partial charge in [-0.05, 0) is 42.8 Å². The Morgan fingerprint density at radius 1 is 1.25 bits per heavy atom. The number of rotatable bonds is 3. The number of aldehydes is 1. The van der Waals surface area contributed by atoms with Crippen LogP contribution in [-0.2, 0) is 0 Å². The van der Waals surface area contributed by atoms with Gasteiger partial charge in [-0.25, -0.2) is 0 Å². The number of benzene rings is 1. The van der Waals surface area contributed by atoms with Crippen LogP contribution in [0.5, 0.6) is 5.75 Å². The summed E-state index contributed by atoms with van der Waals surface area (Å²) in [5.41, 5.74) is 1.67. The second-order valence-electron chi connectivity index (χ2n) is 3.52. The first-order valence-electron chi connectivity index (χ1n) is 4.94. The first kappa shape index (κ1) is 10.9. The van der Waals surface area contributed by atoms with Crippen LogP contribution in [0.3, 0.4) is 0 Å². The molecule has 2 aromatic rings. The monoisotopic (exact) mass is 232 g/mol. The molecule has 0 aliphatic heterocycles. The van der Waals surface area contributed by atoms with Gasteiger partial charge in [0.2, 0.25) is 0 Å². The van der Waals surface area contributed by atoms with E-state index in [0.29, 0.717) is 11.3 Å². The Balaban J connectivity index is 2.51. The van der Waals surface area contributed by atoms with Crippen molar-refractivity contribution in [1.82, 2.24) is 0 Å². The molecule has 0 amide bonds. The quantitative estimate of drug-likeness (QED) is 0.756. The summed E-state index contributed by atoms with van der Waals surface area (Å²) in [5.74, 6) is 0.714. The summed E-state index contributed by atoms with van der Waals surface area (Å²) in [6, 6.07) is 9.68. The third-order valence-electron chi connectivity index (χ3n) is 2.33. The van der Waals surface area contributed by atoms with E-state index in [0.717, 1.165) is 16.7 Å². The normalized spacial score (nSPS) is 10.1. The summed E-state index contributed by atoms with van der Waals surface area (Å²) in [4.78, 5) is 13.2. The molecule has 0 N–H and O–H groups in total. The van der Waals surface area contributed by atoms with Crippen molar-refractivity contribution in [2.75, 3.05) is 7.11 Å². The Morgan fingerprint density at radius 3 is 2.62 bits per heavy atom. The fourth-order valence-corrected chi connectivity index (χ4v) is 2.39. The number of aryl methyl sites for hydroxylation is 1. The Bertz CT molecular complexity index is 514. The first-order valence-corrected chi connectivity index (χ1v) is 5.75. The van der Waals surface area contributed by atoms with E-state index in [2.05, 4.69) is 19.1 Å². The molecular weight excluding hydrogens is 220 g/mol. The first-order chi connectivity index (χ1) is 7.72. The Labute approximate surface area is 98.5 Å². The lowest BCUT2D eigenvalue weighted by atomic mass is 10.1. The van der Waals surface area contributed by atoms with Gasteiger partial charge >= 0.3 is 0 Å². The minimum absolute atomic E-state index is 0.639. The third-order valence-corrected chi connectivity index (χ3v) is 3.38. The Hall–Kier alpha value is -1.61. The zero-order chi connectivity index (χ0) is 11.5. The molecule has 0 radical (unpaired) electrons. The molecule has 0 fully saturated rings. The summed E-state index contributed by atoms with van der Waals surface area (Å²) in [6.07, 6.45) is 0.840. The smallest absolute Gasteiger partial charge is 0.150 e. The minimum Gasteiger partial charge on any atom is -0.497 e. The van der Waals surface area contributed by atoms with E-state index in [1.807, 2.05) is 12.1 Å². The lowest BCUT2D eigenvalue weighted by Gasteiger charge is -2.04. The highest BCUT2D eigenvalue weighted by molar-refractivity contribution is 7.15. The van der Waals surface area contributed by atoms with Crippen LogP contribution in [0.4, 0.5) is 0 Å². The van der Waals surface area contributed by atoms with Gasteiger partial charge in [0.15, 0.2) is 0 Å². The second-order valence-corrected chi connectivity index (χ2v) is 4.81. The SMILES string of the molecule is COc1cc(C=O)cc(-c2ccc(C)s2)c1. The molecule has 0 bridgehead atoms. The fraction of sp³-hybridized carbons (Fsp3) is 0.154. The predicted molar refractivity (Wildman–Crippen MR) is 66.4 cm³/mol. The molecule has 1 heterocycles. The van der Waals surface area contributed by atoms with Gasteiger partial charge in [-0.1, -0.05) is 0 Å². The molecule has 3 heteroatoms. The van der Waals surface area contributed by atoms with Gasteiger partial charge in [-0.2, -0.15) is 0 Å². The van der Waals surface area contributed by atoms with Crippen LogP contribution in [0.15, 0.2) is 30.3 Å². The number of carbonyl (C=O) groups excluding carboxylic acids is 1. The summed E-state index contributed by atoms with van der Waals surface area (Å²) < 4.78 is 5.17. The number of hydrogen-bond donors (Lipinski definition) is 0. The molecule has 0 spiro atoms. The summed E-state index contributed by atoms with van der Waals surface area (Å²) in [7, 11) is 1.60. The molecular formula is C13H12O2S. The summed E-state index contributed by atoms with van der Waals surface area (Å²) in [5, 5.41) is 0. The molecule has 16 heavy (non-hydrogen) atoms. The summed E-state index contributed by atoms with van der Waals surface area (Å²) >= 11 is 1.71. The van der Waals surface area contributed by atoms with Crippen LogP contribution < -0.4 is 4.74 Å². The summed E-state index contributed by atoms with van der Waals surface area (Å²) in [6.45, 7) is 2.06. The topological polar surface area (TPSA) is 26.3 Å². The van der Waals surface area contributed by atoms with E-state index in [4.69, 9.17) is 4.74 Å². The number of ether oxygens (including phenoxy) is 1. The van der Waals surface area contributed by atoms with E-state index < -0.39 is 0 Å². The van der Waals surface area contributed by atoms with Crippen molar-refractivity contribution >= 4 is 17.6 Å². The molecule has 2 rings (SSSR count).